The zero-order chi connectivity index (χ0) is 13.8. The van der Waals surface area contributed by atoms with Gasteiger partial charge in [-0.1, -0.05) is 24.3 Å². The Hall–Kier alpha value is -1.81. The summed E-state index contributed by atoms with van der Waals surface area (Å²) in [6, 6.07) is 13.2. The minimum absolute atomic E-state index is 0.137. The van der Waals surface area contributed by atoms with Gasteiger partial charge >= 0.3 is 0 Å². The fourth-order valence-corrected chi connectivity index (χ4v) is 2.22. The van der Waals surface area contributed by atoms with Crippen LogP contribution in [0.25, 0.3) is 0 Å². The molecule has 0 saturated heterocycles. The van der Waals surface area contributed by atoms with Crippen LogP contribution in [0.15, 0.2) is 46.9 Å². The number of carbonyl (C=O) groups is 1. The van der Waals surface area contributed by atoms with Gasteiger partial charge in [0.1, 0.15) is 0 Å². The summed E-state index contributed by atoms with van der Waals surface area (Å²) < 4.78 is 0.740. The van der Waals surface area contributed by atoms with Crippen molar-refractivity contribution in [3.05, 3.63) is 63.6 Å². The summed E-state index contributed by atoms with van der Waals surface area (Å²) in [5.41, 5.74) is 9.09. The standard InChI is InChI=1S/C15H15BrN2O/c1-10-4-2-3-5-11(10)9-18-15(19)13-8-12(17)6-7-14(13)16/h2-8H,9,17H2,1H3,(H,18,19). The molecule has 98 valence electrons. The molecule has 0 aromatic heterocycles. The van der Waals surface area contributed by atoms with Crippen LogP contribution >= 0.6 is 15.9 Å². The molecule has 0 bridgehead atoms. The lowest BCUT2D eigenvalue weighted by atomic mass is 10.1. The number of rotatable bonds is 3. The summed E-state index contributed by atoms with van der Waals surface area (Å²) in [7, 11) is 0. The van der Waals surface area contributed by atoms with Crippen LogP contribution in [0, 0.1) is 6.92 Å². The van der Waals surface area contributed by atoms with Crippen LogP contribution in [0.1, 0.15) is 21.5 Å². The lowest BCUT2D eigenvalue weighted by Crippen LogP contribution is -2.23. The average molecular weight is 319 g/mol. The van der Waals surface area contributed by atoms with E-state index in [0.29, 0.717) is 17.8 Å². The van der Waals surface area contributed by atoms with Crippen LogP contribution in [0.2, 0.25) is 0 Å². The second-order valence-electron chi connectivity index (χ2n) is 4.35. The van der Waals surface area contributed by atoms with Crippen molar-refractivity contribution in [2.75, 3.05) is 5.73 Å². The van der Waals surface area contributed by atoms with Crippen molar-refractivity contribution in [3.8, 4) is 0 Å². The predicted octanol–water partition coefficient (Wildman–Crippen LogP) is 3.27. The molecule has 3 N–H and O–H groups in total. The molecule has 0 aliphatic heterocycles. The number of nitrogens with two attached hydrogens (primary N) is 1. The van der Waals surface area contributed by atoms with E-state index in [2.05, 4.69) is 21.2 Å². The fraction of sp³-hybridized carbons (Fsp3) is 0.133. The van der Waals surface area contributed by atoms with Crippen molar-refractivity contribution in [1.82, 2.24) is 5.32 Å². The maximum atomic E-state index is 12.1. The van der Waals surface area contributed by atoms with E-state index >= 15 is 0 Å². The quantitative estimate of drug-likeness (QED) is 0.853. The topological polar surface area (TPSA) is 55.1 Å². The summed E-state index contributed by atoms with van der Waals surface area (Å²) in [5, 5.41) is 2.90. The van der Waals surface area contributed by atoms with Crippen LogP contribution in [0.4, 0.5) is 5.69 Å². The number of benzene rings is 2. The molecule has 0 spiro atoms. The molecule has 0 saturated carbocycles. The van der Waals surface area contributed by atoms with Gasteiger partial charge in [-0.2, -0.15) is 0 Å². The lowest BCUT2D eigenvalue weighted by molar-refractivity contribution is 0.0950. The van der Waals surface area contributed by atoms with Crippen molar-refractivity contribution < 1.29 is 4.79 Å². The second-order valence-corrected chi connectivity index (χ2v) is 5.20. The molecular formula is C15H15BrN2O. The number of nitrogens with one attached hydrogen (secondary N) is 1. The van der Waals surface area contributed by atoms with E-state index in [0.717, 1.165) is 15.6 Å². The monoisotopic (exact) mass is 318 g/mol. The number of hydrogen-bond acceptors (Lipinski definition) is 2. The number of hydrogen-bond donors (Lipinski definition) is 2. The number of carbonyl (C=O) groups excluding carboxylic acids is 1. The number of anilines is 1. The first kappa shape index (κ1) is 13.6. The van der Waals surface area contributed by atoms with Gasteiger partial charge in [0, 0.05) is 16.7 Å². The van der Waals surface area contributed by atoms with E-state index < -0.39 is 0 Å². The summed E-state index contributed by atoms with van der Waals surface area (Å²) >= 11 is 3.36. The molecule has 1 amide bonds. The molecule has 0 aliphatic carbocycles. The molecule has 2 aromatic rings. The Morgan fingerprint density at radius 3 is 2.74 bits per heavy atom. The Kier molecular flexibility index (Phi) is 4.22. The summed E-state index contributed by atoms with van der Waals surface area (Å²) in [5.74, 6) is -0.137. The highest BCUT2D eigenvalue weighted by molar-refractivity contribution is 9.10. The maximum absolute atomic E-state index is 12.1. The van der Waals surface area contributed by atoms with Gasteiger partial charge in [-0.05, 0) is 52.2 Å². The molecular weight excluding hydrogens is 304 g/mol. The largest absolute Gasteiger partial charge is 0.399 e. The number of nitrogen functional groups attached to an aromatic ring is 1. The first-order chi connectivity index (χ1) is 9.08. The Balaban J connectivity index is 2.10. The predicted molar refractivity (Wildman–Crippen MR) is 80.9 cm³/mol. The number of aryl methyl sites for hydroxylation is 1. The molecule has 0 atom stereocenters. The third-order valence-corrected chi connectivity index (χ3v) is 3.63. The molecule has 4 heteroatoms. The fourth-order valence-electron chi connectivity index (χ4n) is 1.80. The van der Waals surface area contributed by atoms with E-state index in [1.54, 1.807) is 18.2 Å². The van der Waals surface area contributed by atoms with Gasteiger partial charge in [-0.25, -0.2) is 0 Å². The molecule has 0 fully saturated rings. The third kappa shape index (κ3) is 3.35. The Bertz CT molecular complexity index is 611. The van der Waals surface area contributed by atoms with Gasteiger partial charge in [0.25, 0.3) is 5.91 Å². The average Bonchev–Trinajstić information content (AvgIpc) is 2.40. The molecule has 3 nitrogen and oxygen atoms in total. The highest BCUT2D eigenvalue weighted by Gasteiger charge is 2.10. The molecule has 0 radical (unpaired) electrons. The van der Waals surface area contributed by atoms with Crippen LogP contribution in [-0.4, -0.2) is 5.91 Å². The van der Waals surface area contributed by atoms with Crippen LogP contribution in [0.5, 0.6) is 0 Å². The first-order valence-corrected chi connectivity index (χ1v) is 6.75. The lowest BCUT2D eigenvalue weighted by Gasteiger charge is -2.09. The second kappa shape index (κ2) is 5.89. The van der Waals surface area contributed by atoms with Crippen molar-refractivity contribution in [2.45, 2.75) is 13.5 Å². The third-order valence-electron chi connectivity index (χ3n) is 2.94. The Morgan fingerprint density at radius 2 is 2.00 bits per heavy atom. The zero-order valence-corrected chi connectivity index (χ0v) is 12.2. The molecule has 0 heterocycles. The molecule has 2 aromatic carbocycles. The van der Waals surface area contributed by atoms with E-state index in [-0.39, 0.29) is 5.91 Å². The van der Waals surface area contributed by atoms with Crippen molar-refractivity contribution in [1.29, 1.82) is 0 Å². The number of halogens is 1. The Morgan fingerprint density at radius 1 is 1.26 bits per heavy atom. The van der Waals surface area contributed by atoms with E-state index in [4.69, 9.17) is 5.73 Å². The van der Waals surface area contributed by atoms with Gasteiger partial charge in [0.05, 0.1) is 5.56 Å². The van der Waals surface area contributed by atoms with E-state index in [9.17, 15) is 4.79 Å². The highest BCUT2D eigenvalue weighted by Crippen LogP contribution is 2.19. The van der Waals surface area contributed by atoms with Gasteiger partial charge in [0.2, 0.25) is 0 Å². The maximum Gasteiger partial charge on any atom is 0.252 e. The molecule has 19 heavy (non-hydrogen) atoms. The minimum Gasteiger partial charge on any atom is -0.399 e. The van der Waals surface area contributed by atoms with Gasteiger partial charge < -0.3 is 11.1 Å². The van der Waals surface area contributed by atoms with E-state index in [1.165, 1.54) is 0 Å². The summed E-state index contributed by atoms with van der Waals surface area (Å²) in [6.45, 7) is 2.53. The summed E-state index contributed by atoms with van der Waals surface area (Å²) in [4.78, 5) is 12.1. The SMILES string of the molecule is Cc1ccccc1CNC(=O)c1cc(N)ccc1Br. The molecule has 0 aliphatic rings. The van der Waals surface area contributed by atoms with Crippen molar-refractivity contribution in [3.63, 3.8) is 0 Å². The highest BCUT2D eigenvalue weighted by atomic mass is 79.9. The zero-order valence-electron chi connectivity index (χ0n) is 10.6. The van der Waals surface area contributed by atoms with Gasteiger partial charge in [-0.3, -0.25) is 4.79 Å². The number of amides is 1. The van der Waals surface area contributed by atoms with E-state index in [1.807, 2.05) is 31.2 Å². The van der Waals surface area contributed by atoms with Crippen molar-refractivity contribution >= 4 is 27.5 Å². The van der Waals surface area contributed by atoms with Crippen LogP contribution in [-0.2, 0) is 6.54 Å². The van der Waals surface area contributed by atoms with Crippen LogP contribution in [0.3, 0.4) is 0 Å². The minimum atomic E-state index is -0.137. The van der Waals surface area contributed by atoms with Crippen LogP contribution < -0.4 is 11.1 Å². The Labute approximate surface area is 121 Å². The van der Waals surface area contributed by atoms with Gasteiger partial charge in [0.15, 0.2) is 0 Å². The van der Waals surface area contributed by atoms with Gasteiger partial charge in [-0.15, -0.1) is 0 Å². The smallest absolute Gasteiger partial charge is 0.252 e. The summed E-state index contributed by atoms with van der Waals surface area (Å²) in [6.07, 6.45) is 0. The first-order valence-electron chi connectivity index (χ1n) is 5.95. The molecule has 0 unspecified atom stereocenters. The molecule has 2 rings (SSSR count). The normalized spacial score (nSPS) is 10.2. The van der Waals surface area contributed by atoms with Crippen molar-refractivity contribution in [2.24, 2.45) is 0 Å².